The lowest BCUT2D eigenvalue weighted by atomic mass is 10.0. The first-order valence-corrected chi connectivity index (χ1v) is 7.92. The average Bonchev–Trinajstić information content (AvgIpc) is 2.96. The molecule has 0 aromatic carbocycles. The lowest BCUT2D eigenvalue weighted by Gasteiger charge is -2.26. The highest BCUT2D eigenvalue weighted by Crippen LogP contribution is 2.16. The lowest BCUT2D eigenvalue weighted by molar-refractivity contribution is -0.132. The summed E-state index contributed by atoms with van der Waals surface area (Å²) in [6.45, 7) is 5.63. The monoisotopic (exact) mass is 268 g/mol. The standard InChI is InChI=1S/C15H28N2O2/c1-2-17(12-14-7-5-11-19-14)15(18)9-8-13-6-3-4-10-16-13/h13-14,16H,2-12H2,1H3. The van der Waals surface area contributed by atoms with Gasteiger partial charge in [-0.25, -0.2) is 0 Å². The fraction of sp³-hybridized carbons (Fsp3) is 0.933. The normalized spacial score (nSPS) is 27.4. The molecule has 1 amide bonds. The minimum atomic E-state index is 0.275. The summed E-state index contributed by atoms with van der Waals surface area (Å²) in [5, 5.41) is 3.51. The van der Waals surface area contributed by atoms with Crippen molar-refractivity contribution in [2.75, 3.05) is 26.2 Å². The number of piperidine rings is 1. The molecule has 2 fully saturated rings. The maximum absolute atomic E-state index is 12.2. The zero-order valence-corrected chi connectivity index (χ0v) is 12.2. The molecule has 1 N–H and O–H groups in total. The number of nitrogens with one attached hydrogen (secondary N) is 1. The quantitative estimate of drug-likeness (QED) is 0.800. The molecule has 0 saturated carbocycles. The Morgan fingerprint density at radius 3 is 2.84 bits per heavy atom. The Morgan fingerprint density at radius 1 is 1.32 bits per heavy atom. The molecule has 2 saturated heterocycles. The zero-order valence-electron chi connectivity index (χ0n) is 12.2. The second-order valence-corrected chi connectivity index (χ2v) is 5.75. The predicted molar refractivity (Wildman–Crippen MR) is 76.1 cm³/mol. The molecule has 2 aliphatic rings. The smallest absolute Gasteiger partial charge is 0.222 e. The van der Waals surface area contributed by atoms with Crippen molar-refractivity contribution < 1.29 is 9.53 Å². The number of rotatable bonds is 6. The molecule has 0 radical (unpaired) electrons. The fourth-order valence-electron chi connectivity index (χ4n) is 3.07. The number of amides is 1. The number of nitrogens with zero attached hydrogens (tertiary/aromatic N) is 1. The molecule has 19 heavy (non-hydrogen) atoms. The molecule has 0 spiro atoms. The average molecular weight is 268 g/mol. The van der Waals surface area contributed by atoms with Gasteiger partial charge in [0.25, 0.3) is 0 Å². The van der Waals surface area contributed by atoms with E-state index >= 15 is 0 Å². The van der Waals surface area contributed by atoms with Crippen LogP contribution in [0.5, 0.6) is 0 Å². The third-order valence-corrected chi connectivity index (χ3v) is 4.30. The summed E-state index contributed by atoms with van der Waals surface area (Å²) in [6, 6.07) is 0.555. The van der Waals surface area contributed by atoms with E-state index in [1.807, 2.05) is 4.90 Å². The Kier molecular flexibility index (Phi) is 6.11. The second-order valence-electron chi connectivity index (χ2n) is 5.75. The van der Waals surface area contributed by atoms with E-state index in [4.69, 9.17) is 4.74 Å². The first-order valence-electron chi connectivity index (χ1n) is 7.92. The van der Waals surface area contributed by atoms with Crippen LogP contribution in [-0.4, -0.2) is 49.2 Å². The van der Waals surface area contributed by atoms with Gasteiger partial charge in [-0.3, -0.25) is 4.79 Å². The van der Waals surface area contributed by atoms with Gasteiger partial charge in [0, 0.05) is 32.2 Å². The summed E-state index contributed by atoms with van der Waals surface area (Å²) < 4.78 is 5.62. The Hall–Kier alpha value is -0.610. The van der Waals surface area contributed by atoms with Crippen LogP contribution in [0.15, 0.2) is 0 Å². The molecule has 4 nitrogen and oxygen atoms in total. The molecule has 2 heterocycles. The van der Waals surface area contributed by atoms with Crippen LogP contribution in [0.3, 0.4) is 0 Å². The molecule has 110 valence electrons. The van der Waals surface area contributed by atoms with Gasteiger partial charge < -0.3 is 15.0 Å². The van der Waals surface area contributed by atoms with Crippen molar-refractivity contribution in [3.63, 3.8) is 0 Å². The van der Waals surface area contributed by atoms with Gasteiger partial charge >= 0.3 is 0 Å². The van der Waals surface area contributed by atoms with Gasteiger partial charge in [0.05, 0.1) is 6.10 Å². The van der Waals surface area contributed by atoms with Crippen LogP contribution in [0.2, 0.25) is 0 Å². The van der Waals surface area contributed by atoms with Crippen LogP contribution in [0.25, 0.3) is 0 Å². The van der Waals surface area contributed by atoms with Crippen LogP contribution >= 0.6 is 0 Å². The second kappa shape index (κ2) is 7.85. The van der Waals surface area contributed by atoms with Crippen molar-refractivity contribution in [3.8, 4) is 0 Å². The number of carbonyl (C=O) groups excluding carboxylic acids is 1. The van der Waals surface area contributed by atoms with E-state index in [1.54, 1.807) is 0 Å². The van der Waals surface area contributed by atoms with E-state index in [0.29, 0.717) is 18.4 Å². The molecule has 0 bridgehead atoms. The Bertz CT molecular complexity index is 271. The van der Waals surface area contributed by atoms with Crippen molar-refractivity contribution in [2.24, 2.45) is 0 Å². The number of likely N-dealkylation sites (N-methyl/N-ethyl adjacent to an activating group) is 1. The van der Waals surface area contributed by atoms with Gasteiger partial charge in [0.1, 0.15) is 0 Å². The molecular weight excluding hydrogens is 240 g/mol. The first kappa shape index (κ1) is 14.8. The molecule has 2 aliphatic heterocycles. The first-order chi connectivity index (χ1) is 9.29. The van der Waals surface area contributed by atoms with E-state index < -0.39 is 0 Å². The van der Waals surface area contributed by atoms with Crippen molar-refractivity contribution in [3.05, 3.63) is 0 Å². The zero-order chi connectivity index (χ0) is 13.5. The van der Waals surface area contributed by atoms with Gasteiger partial charge in [-0.05, 0) is 45.6 Å². The SMILES string of the molecule is CCN(CC1CCCO1)C(=O)CCC1CCCCN1. The summed E-state index contributed by atoms with van der Waals surface area (Å²) >= 11 is 0. The molecule has 2 atom stereocenters. The lowest BCUT2D eigenvalue weighted by Crippen LogP contribution is -2.39. The molecule has 2 unspecified atom stereocenters. The largest absolute Gasteiger partial charge is 0.376 e. The van der Waals surface area contributed by atoms with Crippen molar-refractivity contribution >= 4 is 5.91 Å². The van der Waals surface area contributed by atoms with Gasteiger partial charge in [-0.1, -0.05) is 6.42 Å². The fourth-order valence-corrected chi connectivity index (χ4v) is 3.07. The number of hydrogen-bond donors (Lipinski definition) is 1. The third-order valence-electron chi connectivity index (χ3n) is 4.30. The molecule has 4 heteroatoms. The van der Waals surface area contributed by atoms with Crippen LogP contribution in [0, 0.1) is 0 Å². The van der Waals surface area contributed by atoms with Crippen LogP contribution < -0.4 is 5.32 Å². The summed E-state index contributed by atoms with van der Waals surface area (Å²) in [5.74, 6) is 0.297. The number of ether oxygens (including phenoxy) is 1. The maximum atomic E-state index is 12.2. The maximum Gasteiger partial charge on any atom is 0.222 e. The van der Waals surface area contributed by atoms with Crippen molar-refractivity contribution in [1.29, 1.82) is 0 Å². The summed E-state index contributed by atoms with van der Waals surface area (Å²) in [5.41, 5.74) is 0. The molecular formula is C15H28N2O2. The Morgan fingerprint density at radius 2 is 2.21 bits per heavy atom. The van der Waals surface area contributed by atoms with Crippen molar-refractivity contribution in [2.45, 2.75) is 64.0 Å². The Labute approximate surface area is 116 Å². The Balaban J connectivity index is 1.69. The summed E-state index contributed by atoms with van der Waals surface area (Å²) in [4.78, 5) is 14.2. The minimum absolute atomic E-state index is 0.275. The molecule has 0 aromatic rings. The van der Waals surface area contributed by atoms with E-state index in [2.05, 4.69) is 12.2 Å². The number of carbonyl (C=O) groups is 1. The molecule has 2 rings (SSSR count). The van der Waals surface area contributed by atoms with E-state index in [9.17, 15) is 4.79 Å². The van der Waals surface area contributed by atoms with Gasteiger partial charge in [0.15, 0.2) is 0 Å². The van der Waals surface area contributed by atoms with Crippen LogP contribution in [0.4, 0.5) is 0 Å². The van der Waals surface area contributed by atoms with E-state index in [-0.39, 0.29) is 6.10 Å². The highest BCUT2D eigenvalue weighted by molar-refractivity contribution is 5.76. The number of hydrogen-bond acceptors (Lipinski definition) is 3. The van der Waals surface area contributed by atoms with E-state index in [0.717, 1.165) is 45.5 Å². The van der Waals surface area contributed by atoms with Gasteiger partial charge in [-0.2, -0.15) is 0 Å². The van der Waals surface area contributed by atoms with Crippen LogP contribution in [-0.2, 0) is 9.53 Å². The topological polar surface area (TPSA) is 41.6 Å². The van der Waals surface area contributed by atoms with E-state index in [1.165, 1.54) is 19.3 Å². The molecule has 0 aliphatic carbocycles. The summed E-state index contributed by atoms with van der Waals surface area (Å²) in [6.07, 6.45) is 8.00. The third kappa shape index (κ3) is 4.77. The minimum Gasteiger partial charge on any atom is -0.376 e. The highest BCUT2D eigenvalue weighted by Gasteiger charge is 2.22. The van der Waals surface area contributed by atoms with Gasteiger partial charge in [0.2, 0.25) is 5.91 Å². The summed E-state index contributed by atoms with van der Waals surface area (Å²) in [7, 11) is 0. The van der Waals surface area contributed by atoms with Crippen molar-refractivity contribution in [1.82, 2.24) is 10.2 Å². The van der Waals surface area contributed by atoms with Crippen LogP contribution in [0.1, 0.15) is 51.9 Å². The predicted octanol–water partition coefficient (Wildman–Crippen LogP) is 1.94. The highest BCUT2D eigenvalue weighted by atomic mass is 16.5. The van der Waals surface area contributed by atoms with Gasteiger partial charge in [-0.15, -0.1) is 0 Å². The molecule has 0 aromatic heterocycles.